The van der Waals surface area contributed by atoms with E-state index in [0.29, 0.717) is 27.3 Å². The molecule has 0 amide bonds. The van der Waals surface area contributed by atoms with Crippen LogP contribution < -0.4 is 9.46 Å². The van der Waals surface area contributed by atoms with E-state index in [1.165, 1.54) is 6.07 Å². The van der Waals surface area contributed by atoms with Crippen LogP contribution in [0.25, 0.3) is 16.7 Å². The van der Waals surface area contributed by atoms with Gasteiger partial charge in [0.1, 0.15) is 15.8 Å². The van der Waals surface area contributed by atoms with Gasteiger partial charge in [-0.3, -0.25) is 9.12 Å². The normalized spacial score (nSPS) is 11.8. The maximum atomic E-state index is 12.4. The second-order valence-electron chi connectivity index (χ2n) is 6.60. The van der Waals surface area contributed by atoms with Crippen molar-refractivity contribution < 1.29 is 13.2 Å². The van der Waals surface area contributed by atoms with Gasteiger partial charge in [-0.15, -0.1) is 21.5 Å². The summed E-state index contributed by atoms with van der Waals surface area (Å²) < 4.78 is 35.8. The molecule has 2 aromatic carbocycles. The van der Waals surface area contributed by atoms with Crippen LogP contribution >= 0.6 is 22.9 Å². The van der Waals surface area contributed by atoms with Crippen LogP contribution in [0.5, 0.6) is 11.6 Å². The van der Waals surface area contributed by atoms with E-state index in [1.54, 1.807) is 30.3 Å². The number of fused-ring (bicyclic) bond motifs is 3. The molecule has 0 atom stereocenters. The molecule has 1 N–H and O–H groups in total. The van der Waals surface area contributed by atoms with E-state index in [0.717, 1.165) is 28.2 Å². The Morgan fingerprint density at radius 2 is 1.81 bits per heavy atom. The molecule has 0 aliphatic carbocycles. The predicted molar refractivity (Wildman–Crippen MR) is 120 cm³/mol. The molecule has 8 nitrogen and oxygen atoms in total. The van der Waals surface area contributed by atoms with Crippen LogP contribution in [-0.2, 0) is 10.0 Å². The third-order valence-corrected chi connectivity index (χ3v) is 7.60. The number of ether oxygens (including phenoxy) is 1. The molecular formula is C20H14ClN5O3S2. The maximum Gasteiger partial charge on any atom is 0.271 e. The van der Waals surface area contributed by atoms with Crippen molar-refractivity contribution in [2.45, 2.75) is 11.1 Å². The number of hydrogen-bond donors (Lipinski definition) is 1. The Kier molecular flexibility index (Phi) is 4.77. The smallest absolute Gasteiger partial charge is 0.271 e. The van der Waals surface area contributed by atoms with Gasteiger partial charge in [0.2, 0.25) is 5.65 Å². The van der Waals surface area contributed by atoms with Crippen molar-refractivity contribution in [1.29, 1.82) is 0 Å². The van der Waals surface area contributed by atoms with Gasteiger partial charge in [0, 0.05) is 5.69 Å². The van der Waals surface area contributed by atoms with Gasteiger partial charge in [0.15, 0.2) is 0 Å². The molecule has 3 heterocycles. The van der Waals surface area contributed by atoms with Gasteiger partial charge in [0.25, 0.3) is 15.9 Å². The molecule has 0 spiro atoms. The van der Waals surface area contributed by atoms with Crippen LogP contribution in [0.15, 0.2) is 64.9 Å². The summed E-state index contributed by atoms with van der Waals surface area (Å²) in [4.78, 5) is 4.57. The molecule has 5 rings (SSSR count). The zero-order valence-electron chi connectivity index (χ0n) is 16.0. The highest BCUT2D eigenvalue weighted by molar-refractivity contribution is 7.94. The standard InChI is InChI=1S/C20H14ClN5O3S2/c1-12-23-24-19-20(22-15-4-2-3-5-16(15)26(12)19)29-14-8-6-13(7-9-14)25-31(27,28)18-11-10-17(21)30-18/h2-11,25H,1H3. The summed E-state index contributed by atoms with van der Waals surface area (Å²) in [5.41, 5.74) is 2.51. The summed E-state index contributed by atoms with van der Waals surface area (Å²) >= 11 is 6.83. The summed E-state index contributed by atoms with van der Waals surface area (Å²) in [6, 6.07) is 17.2. The number of thiophene rings is 1. The number of para-hydroxylation sites is 2. The molecule has 156 valence electrons. The molecule has 0 aliphatic rings. The number of rotatable bonds is 5. The number of hydrogen-bond acceptors (Lipinski definition) is 7. The summed E-state index contributed by atoms with van der Waals surface area (Å²) in [5.74, 6) is 1.50. The highest BCUT2D eigenvalue weighted by atomic mass is 35.5. The van der Waals surface area contributed by atoms with Crippen LogP contribution in [0.4, 0.5) is 5.69 Å². The van der Waals surface area contributed by atoms with E-state index in [-0.39, 0.29) is 4.21 Å². The van der Waals surface area contributed by atoms with E-state index in [9.17, 15) is 8.42 Å². The first-order valence-electron chi connectivity index (χ1n) is 9.07. The summed E-state index contributed by atoms with van der Waals surface area (Å²) in [6.07, 6.45) is 0. The zero-order chi connectivity index (χ0) is 21.6. The minimum absolute atomic E-state index is 0.141. The third kappa shape index (κ3) is 3.69. The molecule has 31 heavy (non-hydrogen) atoms. The fourth-order valence-corrected chi connectivity index (χ4v) is 5.66. The monoisotopic (exact) mass is 471 g/mol. The number of aromatic nitrogens is 4. The van der Waals surface area contributed by atoms with Crippen molar-refractivity contribution in [3.63, 3.8) is 0 Å². The lowest BCUT2D eigenvalue weighted by Crippen LogP contribution is -2.11. The Labute approximate surface area is 186 Å². The molecule has 0 saturated carbocycles. The van der Waals surface area contributed by atoms with E-state index < -0.39 is 10.0 Å². The Hall–Kier alpha value is -3.21. The first-order valence-corrected chi connectivity index (χ1v) is 11.7. The zero-order valence-corrected chi connectivity index (χ0v) is 18.4. The Morgan fingerprint density at radius 3 is 2.55 bits per heavy atom. The van der Waals surface area contributed by atoms with Crippen LogP contribution in [0, 0.1) is 6.92 Å². The van der Waals surface area contributed by atoms with Gasteiger partial charge in [-0.05, 0) is 55.5 Å². The SMILES string of the molecule is Cc1nnc2c(Oc3ccc(NS(=O)(=O)c4ccc(Cl)s4)cc3)nc3ccccc3n12. The molecule has 0 bridgehead atoms. The van der Waals surface area contributed by atoms with Gasteiger partial charge in [-0.2, -0.15) is 0 Å². The Balaban J connectivity index is 1.44. The minimum atomic E-state index is -3.71. The Bertz CT molecular complexity index is 1530. The molecule has 0 saturated heterocycles. The maximum absolute atomic E-state index is 12.4. The van der Waals surface area contributed by atoms with Crippen LogP contribution in [0.2, 0.25) is 4.34 Å². The van der Waals surface area contributed by atoms with Gasteiger partial charge < -0.3 is 4.74 Å². The topological polar surface area (TPSA) is 98.5 Å². The number of sulfonamides is 1. The molecule has 5 aromatic rings. The van der Waals surface area contributed by atoms with Crippen LogP contribution in [-0.4, -0.2) is 28.0 Å². The fourth-order valence-electron chi connectivity index (χ4n) is 3.12. The lowest BCUT2D eigenvalue weighted by atomic mass is 10.3. The lowest BCUT2D eigenvalue weighted by molar-refractivity contribution is 0.467. The lowest BCUT2D eigenvalue weighted by Gasteiger charge is -2.10. The molecule has 0 fully saturated rings. The number of benzene rings is 2. The van der Waals surface area contributed by atoms with Gasteiger partial charge in [-0.25, -0.2) is 13.4 Å². The van der Waals surface area contributed by atoms with Crippen molar-refractivity contribution in [3.8, 4) is 11.6 Å². The molecule has 0 aliphatic heterocycles. The number of anilines is 1. The van der Waals surface area contributed by atoms with Crippen molar-refractivity contribution in [1.82, 2.24) is 19.6 Å². The van der Waals surface area contributed by atoms with Crippen LogP contribution in [0.1, 0.15) is 5.82 Å². The number of halogens is 1. The average molecular weight is 472 g/mol. The summed E-state index contributed by atoms with van der Waals surface area (Å²) in [5, 5.41) is 8.33. The van der Waals surface area contributed by atoms with Gasteiger partial charge in [-0.1, -0.05) is 23.7 Å². The van der Waals surface area contributed by atoms with E-state index in [4.69, 9.17) is 16.3 Å². The van der Waals surface area contributed by atoms with E-state index in [2.05, 4.69) is 19.9 Å². The largest absolute Gasteiger partial charge is 0.436 e. The fraction of sp³-hybridized carbons (Fsp3) is 0.0500. The third-order valence-electron chi connectivity index (χ3n) is 4.50. The van der Waals surface area contributed by atoms with Crippen molar-refractivity contribution in [2.75, 3.05) is 4.72 Å². The average Bonchev–Trinajstić information content (AvgIpc) is 3.36. The second-order valence-corrected chi connectivity index (χ2v) is 10.2. The van der Waals surface area contributed by atoms with Gasteiger partial charge >= 0.3 is 0 Å². The van der Waals surface area contributed by atoms with E-state index >= 15 is 0 Å². The number of nitrogens with zero attached hydrogens (tertiary/aromatic N) is 4. The highest BCUT2D eigenvalue weighted by Gasteiger charge is 2.17. The van der Waals surface area contributed by atoms with Crippen molar-refractivity contribution in [3.05, 3.63) is 70.8 Å². The predicted octanol–water partition coefficient (Wildman–Crippen LogP) is 4.89. The minimum Gasteiger partial charge on any atom is -0.436 e. The quantitative estimate of drug-likeness (QED) is 0.391. The molecule has 0 unspecified atom stereocenters. The second kappa shape index (κ2) is 7.49. The Morgan fingerprint density at radius 1 is 1.03 bits per heavy atom. The molecule has 11 heteroatoms. The van der Waals surface area contributed by atoms with Crippen molar-refractivity contribution >= 4 is 55.3 Å². The summed E-state index contributed by atoms with van der Waals surface area (Å²) in [6.45, 7) is 1.86. The first kappa shape index (κ1) is 19.7. The highest BCUT2D eigenvalue weighted by Crippen LogP contribution is 2.30. The van der Waals surface area contributed by atoms with Gasteiger partial charge in [0.05, 0.1) is 15.4 Å². The number of nitrogens with one attached hydrogen (secondary N) is 1. The van der Waals surface area contributed by atoms with Crippen LogP contribution in [0.3, 0.4) is 0 Å². The number of aryl methyl sites for hydroxylation is 1. The van der Waals surface area contributed by atoms with E-state index in [1.807, 2.05) is 35.6 Å². The summed E-state index contributed by atoms with van der Waals surface area (Å²) in [7, 11) is -3.71. The molecule has 0 radical (unpaired) electrons. The van der Waals surface area contributed by atoms with Crippen molar-refractivity contribution in [2.24, 2.45) is 0 Å². The first-order chi connectivity index (χ1) is 14.9. The molecule has 3 aromatic heterocycles. The molecular weight excluding hydrogens is 458 g/mol.